The van der Waals surface area contributed by atoms with E-state index in [0.717, 1.165) is 12.1 Å². The number of piperazine rings is 1. The number of hydrogen-bond acceptors (Lipinski definition) is 3. The van der Waals surface area contributed by atoms with Gasteiger partial charge in [-0.05, 0) is 18.6 Å². The lowest BCUT2D eigenvalue weighted by Gasteiger charge is -2.35. The lowest BCUT2D eigenvalue weighted by molar-refractivity contribution is -0.129. The fraction of sp³-hybridized carbons (Fsp3) is 0.500. The fourth-order valence-electron chi connectivity index (χ4n) is 2.57. The van der Waals surface area contributed by atoms with Crippen molar-refractivity contribution >= 4 is 5.91 Å². The molecule has 1 heterocycles. The van der Waals surface area contributed by atoms with Crippen molar-refractivity contribution in [3.05, 3.63) is 35.4 Å². The van der Waals surface area contributed by atoms with Crippen LogP contribution in [0, 0.1) is 11.6 Å². The SMILES string of the molecule is CCC1C(=O)NCCN1CC(O)c1c(F)cccc1F. The largest absolute Gasteiger partial charge is 0.387 e. The molecule has 0 aromatic heterocycles. The smallest absolute Gasteiger partial charge is 0.237 e. The lowest BCUT2D eigenvalue weighted by Crippen LogP contribution is -2.55. The Morgan fingerprint density at radius 2 is 2.10 bits per heavy atom. The number of benzene rings is 1. The van der Waals surface area contributed by atoms with Crippen molar-refractivity contribution in [3.8, 4) is 0 Å². The summed E-state index contributed by atoms with van der Waals surface area (Å²) in [5, 5.41) is 12.8. The van der Waals surface area contributed by atoms with Crippen molar-refractivity contribution < 1.29 is 18.7 Å². The summed E-state index contributed by atoms with van der Waals surface area (Å²) in [5.41, 5.74) is -0.340. The maximum atomic E-state index is 13.6. The highest BCUT2D eigenvalue weighted by Crippen LogP contribution is 2.23. The third-order valence-corrected chi connectivity index (χ3v) is 3.57. The van der Waals surface area contributed by atoms with Crippen molar-refractivity contribution in [2.75, 3.05) is 19.6 Å². The molecule has 2 unspecified atom stereocenters. The van der Waals surface area contributed by atoms with Crippen LogP contribution in [-0.4, -0.2) is 41.6 Å². The van der Waals surface area contributed by atoms with Crippen molar-refractivity contribution in [1.29, 1.82) is 0 Å². The number of β-amino-alcohol motifs (C(OH)–C–C–N with tert-alkyl or cyclic N) is 1. The van der Waals surface area contributed by atoms with E-state index in [9.17, 15) is 18.7 Å². The normalized spacial score (nSPS) is 21.6. The van der Waals surface area contributed by atoms with Crippen LogP contribution >= 0.6 is 0 Å². The molecule has 0 bridgehead atoms. The van der Waals surface area contributed by atoms with Crippen LogP contribution in [-0.2, 0) is 4.79 Å². The molecule has 110 valence electrons. The molecule has 4 nitrogen and oxygen atoms in total. The summed E-state index contributed by atoms with van der Waals surface area (Å²) in [4.78, 5) is 13.5. The Morgan fingerprint density at radius 3 is 2.70 bits per heavy atom. The fourth-order valence-corrected chi connectivity index (χ4v) is 2.57. The van der Waals surface area contributed by atoms with E-state index in [-0.39, 0.29) is 24.1 Å². The van der Waals surface area contributed by atoms with Crippen LogP contribution in [0.2, 0.25) is 0 Å². The molecular formula is C14H18F2N2O2. The average Bonchev–Trinajstić information content (AvgIpc) is 2.38. The Kier molecular flexibility index (Phi) is 4.67. The highest BCUT2D eigenvalue weighted by molar-refractivity contribution is 5.82. The zero-order valence-electron chi connectivity index (χ0n) is 11.3. The monoisotopic (exact) mass is 284 g/mol. The summed E-state index contributed by atoms with van der Waals surface area (Å²) in [7, 11) is 0. The van der Waals surface area contributed by atoms with Crippen LogP contribution in [0.5, 0.6) is 0 Å². The number of halogens is 2. The second-order valence-corrected chi connectivity index (χ2v) is 4.86. The van der Waals surface area contributed by atoms with Gasteiger partial charge in [-0.3, -0.25) is 9.69 Å². The van der Waals surface area contributed by atoms with E-state index < -0.39 is 17.7 Å². The van der Waals surface area contributed by atoms with Gasteiger partial charge in [0.05, 0.1) is 17.7 Å². The van der Waals surface area contributed by atoms with Gasteiger partial charge in [-0.25, -0.2) is 8.78 Å². The summed E-state index contributed by atoms with van der Waals surface area (Å²) in [6.07, 6.45) is -0.714. The van der Waals surface area contributed by atoms with E-state index >= 15 is 0 Å². The molecule has 1 saturated heterocycles. The molecule has 0 aliphatic carbocycles. The summed E-state index contributed by atoms with van der Waals surface area (Å²) < 4.78 is 27.2. The Hall–Kier alpha value is -1.53. The standard InChI is InChI=1S/C14H18F2N2O2/c1-2-11-14(20)17-6-7-18(11)8-12(19)13-9(15)4-3-5-10(13)16/h3-5,11-12,19H,2,6-8H2,1H3,(H,17,20). The summed E-state index contributed by atoms with van der Waals surface area (Å²) in [5.74, 6) is -1.65. The van der Waals surface area contributed by atoms with Gasteiger partial charge < -0.3 is 10.4 Å². The van der Waals surface area contributed by atoms with Gasteiger partial charge in [0.2, 0.25) is 5.91 Å². The molecule has 1 amide bonds. The predicted molar refractivity (Wildman–Crippen MR) is 70.0 cm³/mol. The molecule has 1 aliphatic rings. The second kappa shape index (κ2) is 6.28. The topological polar surface area (TPSA) is 52.6 Å². The first kappa shape index (κ1) is 14.9. The summed E-state index contributed by atoms with van der Waals surface area (Å²) in [6.45, 7) is 2.92. The van der Waals surface area contributed by atoms with Crippen LogP contribution in [0.25, 0.3) is 0 Å². The molecule has 1 aliphatic heterocycles. The van der Waals surface area contributed by atoms with E-state index in [1.165, 1.54) is 6.07 Å². The van der Waals surface area contributed by atoms with E-state index in [4.69, 9.17) is 0 Å². The first-order valence-electron chi connectivity index (χ1n) is 6.68. The quantitative estimate of drug-likeness (QED) is 0.874. The van der Waals surface area contributed by atoms with E-state index in [1.807, 2.05) is 6.92 Å². The first-order valence-corrected chi connectivity index (χ1v) is 6.68. The molecule has 0 radical (unpaired) electrons. The Labute approximate surface area is 116 Å². The minimum absolute atomic E-state index is 0.0315. The van der Waals surface area contributed by atoms with Gasteiger partial charge in [0.15, 0.2) is 0 Å². The number of carbonyl (C=O) groups excluding carboxylic acids is 1. The maximum Gasteiger partial charge on any atom is 0.237 e. The van der Waals surface area contributed by atoms with Gasteiger partial charge in [-0.15, -0.1) is 0 Å². The highest BCUT2D eigenvalue weighted by Gasteiger charge is 2.30. The molecule has 1 aromatic carbocycles. The number of rotatable bonds is 4. The molecule has 0 spiro atoms. The second-order valence-electron chi connectivity index (χ2n) is 4.86. The summed E-state index contributed by atoms with van der Waals surface area (Å²) in [6, 6.07) is 3.11. The zero-order valence-corrected chi connectivity index (χ0v) is 11.3. The van der Waals surface area contributed by atoms with Gasteiger partial charge in [-0.2, -0.15) is 0 Å². The molecule has 2 N–H and O–H groups in total. The first-order chi connectivity index (χ1) is 9.54. The van der Waals surface area contributed by atoms with Crippen molar-refractivity contribution in [1.82, 2.24) is 10.2 Å². The van der Waals surface area contributed by atoms with Gasteiger partial charge in [0, 0.05) is 19.6 Å². The minimum atomic E-state index is -1.30. The van der Waals surface area contributed by atoms with E-state index in [2.05, 4.69) is 5.32 Å². The minimum Gasteiger partial charge on any atom is -0.387 e. The summed E-state index contributed by atoms with van der Waals surface area (Å²) >= 11 is 0. The number of aliphatic hydroxyl groups excluding tert-OH is 1. The van der Waals surface area contributed by atoms with Crippen molar-refractivity contribution in [2.45, 2.75) is 25.5 Å². The number of hydrogen-bond donors (Lipinski definition) is 2. The van der Waals surface area contributed by atoms with Gasteiger partial charge in [0.1, 0.15) is 11.6 Å². The number of carbonyl (C=O) groups is 1. The molecule has 1 aromatic rings. The van der Waals surface area contributed by atoms with E-state index in [0.29, 0.717) is 19.5 Å². The molecule has 0 saturated carbocycles. The third-order valence-electron chi connectivity index (χ3n) is 3.57. The van der Waals surface area contributed by atoms with E-state index in [1.54, 1.807) is 4.90 Å². The molecule has 2 rings (SSSR count). The lowest BCUT2D eigenvalue weighted by atomic mass is 10.0. The number of nitrogens with one attached hydrogen (secondary N) is 1. The van der Waals surface area contributed by atoms with Crippen LogP contribution < -0.4 is 5.32 Å². The molecule has 1 fully saturated rings. The predicted octanol–water partition coefficient (Wildman–Crippen LogP) is 1.21. The Balaban J connectivity index is 2.14. The van der Waals surface area contributed by atoms with Crippen LogP contribution in [0.4, 0.5) is 8.78 Å². The van der Waals surface area contributed by atoms with Crippen LogP contribution in [0.3, 0.4) is 0 Å². The zero-order chi connectivity index (χ0) is 14.7. The average molecular weight is 284 g/mol. The number of amides is 1. The van der Waals surface area contributed by atoms with Crippen molar-refractivity contribution in [2.24, 2.45) is 0 Å². The van der Waals surface area contributed by atoms with Gasteiger partial charge >= 0.3 is 0 Å². The third kappa shape index (κ3) is 2.96. The molecule has 2 atom stereocenters. The van der Waals surface area contributed by atoms with Crippen LogP contribution in [0.15, 0.2) is 18.2 Å². The molecule has 20 heavy (non-hydrogen) atoms. The Morgan fingerprint density at radius 1 is 1.45 bits per heavy atom. The number of aliphatic hydroxyl groups is 1. The Bertz CT molecular complexity index is 476. The highest BCUT2D eigenvalue weighted by atomic mass is 19.1. The maximum absolute atomic E-state index is 13.6. The van der Waals surface area contributed by atoms with Gasteiger partial charge in [-0.1, -0.05) is 13.0 Å². The molecule has 6 heteroatoms. The van der Waals surface area contributed by atoms with Gasteiger partial charge in [0.25, 0.3) is 0 Å². The van der Waals surface area contributed by atoms with Crippen molar-refractivity contribution in [3.63, 3.8) is 0 Å². The number of nitrogens with zero attached hydrogens (tertiary/aromatic N) is 1. The molecular weight excluding hydrogens is 266 g/mol. The van der Waals surface area contributed by atoms with Crippen LogP contribution in [0.1, 0.15) is 25.0 Å².